The maximum absolute atomic E-state index is 11.8. The number of hydrogen-bond donors (Lipinski definition) is 1. The molecule has 0 aliphatic rings. The molecule has 0 spiro atoms. The van der Waals surface area contributed by atoms with Crippen LogP contribution in [-0.4, -0.2) is 9.78 Å². The average molecular weight is 306 g/mol. The van der Waals surface area contributed by atoms with Crippen LogP contribution in [0.2, 0.25) is 0 Å². The lowest BCUT2D eigenvalue weighted by molar-refractivity contribution is 0.459. The number of rotatable bonds is 4. The molecule has 2 aromatic carbocycles. The first-order valence-corrected chi connectivity index (χ1v) is 7.44. The van der Waals surface area contributed by atoms with E-state index in [2.05, 4.69) is 0 Å². The Kier molecular flexibility index (Phi) is 4.15. The van der Waals surface area contributed by atoms with Gasteiger partial charge in [-0.15, -0.1) is 0 Å². The molecule has 1 aromatic heterocycles. The van der Waals surface area contributed by atoms with Gasteiger partial charge in [-0.3, -0.25) is 14.5 Å². The molecular formula is C19H18N2O2. The highest BCUT2D eigenvalue weighted by Gasteiger charge is 2.11. The molecule has 0 aliphatic heterocycles. The number of anilines is 1. The van der Waals surface area contributed by atoms with Crippen LogP contribution in [0.25, 0.3) is 0 Å². The zero-order valence-corrected chi connectivity index (χ0v) is 12.9. The maximum atomic E-state index is 11.8. The topological polar surface area (TPSA) is 45.5 Å². The lowest BCUT2D eigenvalue weighted by Gasteiger charge is -2.28. The number of benzene rings is 2. The molecule has 116 valence electrons. The smallest absolute Gasteiger partial charge is 0.226 e. The van der Waals surface area contributed by atoms with E-state index >= 15 is 0 Å². The molecule has 0 amide bonds. The minimum atomic E-state index is -0.339. The van der Waals surface area contributed by atoms with Gasteiger partial charge in [0.2, 0.25) is 5.43 Å². The summed E-state index contributed by atoms with van der Waals surface area (Å²) in [4.78, 5) is 11.8. The molecule has 0 fully saturated rings. The van der Waals surface area contributed by atoms with Gasteiger partial charge in [0, 0.05) is 11.8 Å². The van der Waals surface area contributed by atoms with Gasteiger partial charge in [0.05, 0.1) is 18.4 Å². The molecule has 3 rings (SSSR count). The highest BCUT2D eigenvalue weighted by Crippen LogP contribution is 2.19. The summed E-state index contributed by atoms with van der Waals surface area (Å²) in [6, 6.07) is 19.9. The second kappa shape index (κ2) is 6.40. The molecule has 0 aliphatic carbocycles. The third kappa shape index (κ3) is 3.26. The predicted molar refractivity (Wildman–Crippen MR) is 91.6 cm³/mol. The van der Waals surface area contributed by atoms with Gasteiger partial charge < -0.3 is 5.11 Å². The van der Waals surface area contributed by atoms with Crippen molar-refractivity contribution in [1.29, 1.82) is 0 Å². The van der Waals surface area contributed by atoms with Gasteiger partial charge >= 0.3 is 0 Å². The molecule has 1 heterocycles. The molecular weight excluding hydrogens is 288 g/mol. The fourth-order valence-corrected chi connectivity index (χ4v) is 2.48. The van der Waals surface area contributed by atoms with Crippen LogP contribution in [0.4, 0.5) is 5.69 Å². The van der Waals surface area contributed by atoms with Crippen LogP contribution in [0.5, 0.6) is 5.75 Å². The lowest BCUT2D eigenvalue weighted by Crippen LogP contribution is -2.30. The van der Waals surface area contributed by atoms with Gasteiger partial charge in [-0.2, -0.15) is 0 Å². The Morgan fingerprint density at radius 1 is 0.957 bits per heavy atom. The van der Waals surface area contributed by atoms with E-state index in [9.17, 15) is 9.90 Å². The number of aromatic hydroxyl groups is 1. The molecule has 0 unspecified atom stereocenters. The van der Waals surface area contributed by atoms with Crippen molar-refractivity contribution >= 4 is 5.69 Å². The monoisotopic (exact) mass is 306 g/mol. The number of aromatic nitrogens is 1. The molecule has 1 N–H and O–H groups in total. The van der Waals surface area contributed by atoms with E-state index in [1.165, 1.54) is 6.20 Å². The Morgan fingerprint density at radius 3 is 2.17 bits per heavy atom. The van der Waals surface area contributed by atoms with E-state index in [1.54, 1.807) is 17.8 Å². The molecule has 4 nitrogen and oxygen atoms in total. The van der Waals surface area contributed by atoms with Crippen LogP contribution in [0.3, 0.4) is 0 Å². The number of pyridine rings is 1. The van der Waals surface area contributed by atoms with Crippen molar-refractivity contribution in [2.75, 3.05) is 5.01 Å². The van der Waals surface area contributed by atoms with Crippen molar-refractivity contribution in [1.82, 2.24) is 4.68 Å². The predicted octanol–water partition coefficient (Wildman–Crippen LogP) is 3.33. The van der Waals surface area contributed by atoms with Crippen molar-refractivity contribution < 1.29 is 5.11 Å². The summed E-state index contributed by atoms with van der Waals surface area (Å²) in [5, 5.41) is 11.9. The fraction of sp³-hybridized carbons (Fsp3) is 0.105. The van der Waals surface area contributed by atoms with Gasteiger partial charge in [-0.1, -0.05) is 48.5 Å². The minimum Gasteiger partial charge on any atom is -0.503 e. The van der Waals surface area contributed by atoms with E-state index in [-0.39, 0.29) is 11.2 Å². The Morgan fingerprint density at radius 2 is 1.57 bits per heavy atom. The largest absolute Gasteiger partial charge is 0.503 e. The number of para-hydroxylation sites is 1. The van der Waals surface area contributed by atoms with Crippen LogP contribution in [0.1, 0.15) is 11.1 Å². The zero-order chi connectivity index (χ0) is 16.2. The molecule has 4 heteroatoms. The summed E-state index contributed by atoms with van der Waals surface area (Å²) in [7, 11) is 0. The van der Waals surface area contributed by atoms with Gasteiger partial charge in [0.25, 0.3) is 0 Å². The molecule has 3 aromatic rings. The minimum absolute atomic E-state index is 0.251. The average Bonchev–Trinajstić information content (AvgIpc) is 2.59. The van der Waals surface area contributed by atoms with Crippen LogP contribution >= 0.6 is 0 Å². The van der Waals surface area contributed by atoms with E-state index in [0.29, 0.717) is 12.1 Å². The van der Waals surface area contributed by atoms with Crippen molar-refractivity contribution in [2.24, 2.45) is 0 Å². The molecule has 0 radical (unpaired) electrons. The standard InChI is InChI=1S/C19H18N2O2/c1-15-12-20(14-18(22)19(15)23)21(17-10-6-3-7-11-17)13-16-8-4-2-5-9-16/h2-12,14,22H,13H2,1H3. The van der Waals surface area contributed by atoms with E-state index in [0.717, 1.165) is 11.3 Å². The Balaban J connectivity index is 2.07. The first kappa shape index (κ1) is 14.9. The number of hydrogen-bond acceptors (Lipinski definition) is 3. The quantitative estimate of drug-likeness (QED) is 0.804. The number of nitrogens with zero attached hydrogens (tertiary/aromatic N) is 2. The van der Waals surface area contributed by atoms with Crippen molar-refractivity contribution in [2.45, 2.75) is 13.5 Å². The SMILES string of the molecule is Cc1cn(N(Cc2ccccc2)c2ccccc2)cc(O)c1=O. The van der Waals surface area contributed by atoms with Gasteiger partial charge in [-0.25, -0.2) is 0 Å². The summed E-state index contributed by atoms with van der Waals surface area (Å²) in [6.45, 7) is 2.32. The Bertz CT molecular complexity index is 816. The first-order chi connectivity index (χ1) is 11.1. The molecule has 0 saturated carbocycles. The first-order valence-electron chi connectivity index (χ1n) is 7.44. The van der Waals surface area contributed by atoms with Gasteiger partial charge in [-0.05, 0) is 24.6 Å². The van der Waals surface area contributed by atoms with Crippen LogP contribution in [-0.2, 0) is 6.54 Å². The van der Waals surface area contributed by atoms with Crippen molar-refractivity contribution in [3.05, 3.63) is 94.4 Å². The molecule has 23 heavy (non-hydrogen) atoms. The summed E-state index contributed by atoms with van der Waals surface area (Å²) in [5.41, 5.74) is 2.26. The Labute approximate surface area is 134 Å². The Hall–Kier alpha value is -3.01. The fourth-order valence-electron chi connectivity index (χ4n) is 2.48. The lowest BCUT2D eigenvalue weighted by atomic mass is 10.2. The summed E-state index contributed by atoms with van der Waals surface area (Å²) >= 11 is 0. The van der Waals surface area contributed by atoms with Gasteiger partial charge in [0.1, 0.15) is 0 Å². The number of aryl methyl sites for hydroxylation is 1. The van der Waals surface area contributed by atoms with Crippen LogP contribution < -0.4 is 10.4 Å². The normalized spacial score (nSPS) is 10.5. The van der Waals surface area contributed by atoms with E-state index in [4.69, 9.17) is 0 Å². The zero-order valence-electron chi connectivity index (χ0n) is 12.9. The third-order valence-corrected chi connectivity index (χ3v) is 3.68. The van der Waals surface area contributed by atoms with Crippen molar-refractivity contribution in [3.8, 4) is 5.75 Å². The summed E-state index contributed by atoms with van der Waals surface area (Å²) in [5.74, 6) is -0.251. The molecule has 0 bridgehead atoms. The van der Waals surface area contributed by atoms with Crippen LogP contribution in [0.15, 0.2) is 77.9 Å². The van der Waals surface area contributed by atoms with E-state index < -0.39 is 0 Å². The van der Waals surface area contributed by atoms with E-state index in [1.807, 2.05) is 65.7 Å². The summed E-state index contributed by atoms with van der Waals surface area (Å²) < 4.78 is 1.76. The highest BCUT2D eigenvalue weighted by molar-refractivity contribution is 5.47. The molecule has 0 saturated heterocycles. The second-order valence-electron chi connectivity index (χ2n) is 5.41. The van der Waals surface area contributed by atoms with Crippen molar-refractivity contribution in [3.63, 3.8) is 0 Å². The third-order valence-electron chi connectivity index (χ3n) is 3.68. The van der Waals surface area contributed by atoms with Gasteiger partial charge in [0.15, 0.2) is 5.75 Å². The maximum Gasteiger partial charge on any atom is 0.226 e. The molecule has 0 atom stereocenters. The second-order valence-corrected chi connectivity index (χ2v) is 5.41. The van der Waals surface area contributed by atoms with Crippen LogP contribution in [0, 0.1) is 6.92 Å². The highest BCUT2D eigenvalue weighted by atomic mass is 16.3. The summed E-state index contributed by atoms with van der Waals surface area (Å²) in [6.07, 6.45) is 3.18.